The van der Waals surface area contributed by atoms with E-state index >= 15 is 0 Å². The van der Waals surface area contributed by atoms with Crippen LogP contribution in [-0.2, 0) is 34.9 Å². The molecule has 0 saturated heterocycles. The van der Waals surface area contributed by atoms with Crippen LogP contribution < -0.4 is 10.6 Å². The predicted molar refractivity (Wildman–Crippen MR) is 208 cm³/mol. The minimum absolute atomic E-state index is 0.0519. The Kier molecular flexibility index (Phi) is 14.8. The molecule has 0 radical (unpaired) electrons. The van der Waals surface area contributed by atoms with E-state index < -0.39 is 54.7 Å². The van der Waals surface area contributed by atoms with Crippen molar-refractivity contribution >= 4 is 47.8 Å². The molecular formula is C42H48N4O11. The van der Waals surface area contributed by atoms with Crippen LogP contribution in [-0.4, -0.2) is 71.9 Å². The van der Waals surface area contributed by atoms with Crippen molar-refractivity contribution in [1.82, 2.24) is 15.6 Å². The van der Waals surface area contributed by atoms with Crippen molar-refractivity contribution in [2.45, 2.75) is 86.4 Å². The summed E-state index contributed by atoms with van der Waals surface area (Å²) in [5.74, 6) is -2.71. The van der Waals surface area contributed by atoms with Crippen LogP contribution in [0.15, 0.2) is 55.1 Å². The first-order valence-electron chi connectivity index (χ1n) is 18.5. The number of hydrogen-bond acceptors (Lipinski definition) is 13. The number of carbonyl (C=O) groups is 6. The molecule has 302 valence electrons. The highest BCUT2D eigenvalue weighted by Gasteiger charge is 2.28. The SMILES string of the molecule is C=Cc1cc(C(=O)Cc2ccc(C(=N)NC(=O)OC(C)OC(=O)C(C)C)cc2)c(-c2ccc(C(=O)NCC3CC3)nc2C(=O)OC(C)OC(=O)OC(C)C)cc1C. The number of carbonyl (C=O) groups excluding carboxylic acids is 6. The fourth-order valence-electron chi connectivity index (χ4n) is 5.34. The van der Waals surface area contributed by atoms with Crippen molar-refractivity contribution in [3.05, 3.63) is 94.3 Å². The summed E-state index contributed by atoms with van der Waals surface area (Å²) in [5, 5.41) is 13.4. The summed E-state index contributed by atoms with van der Waals surface area (Å²) in [6.07, 6.45) is -1.55. The molecule has 4 rings (SSSR count). The maximum Gasteiger partial charge on any atom is 0.511 e. The molecule has 2 unspecified atom stereocenters. The van der Waals surface area contributed by atoms with Crippen LogP contribution in [0.5, 0.6) is 0 Å². The zero-order chi connectivity index (χ0) is 42.0. The molecule has 0 aliphatic heterocycles. The summed E-state index contributed by atoms with van der Waals surface area (Å²) >= 11 is 0. The van der Waals surface area contributed by atoms with Crippen LogP contribution in [0.25, 0.3) is 17.2 Å². The van der Waals surface area contributed by atoms with Crippen LogP contribution in [0.2, 0.25) is 0 Å². The molecular weight excluding hydrogens is 736 g/mol. The Morgan fingerprint density at radius 2 is 1.53 bits per heavy atom. The second-order valence-electron chi connectivity index (χ2n) is 14.1. The van der Waals surface area contributed by atoms with Crippen molar-refractivity contribution in [1.29, 1.82) is 5.41 Å². The first-order chi connectivity index (χ1) is 26.9. The second-order valence-corrected chi connectivity index (χ2v) is 14.1. The third-order valence-corrected chi connectivity index (χ3v) is 8.51. The minimum Gasteiger partial charge on any atom is -0.431 e. The molecule has 1 aliphatic carbocycles. The van der Waals surface area contributed by atoms with E-state index in [9.17, 15) is 28.8 Å². The molecule has 57 heavy (non-hydrogen) atoms. The molecule has 1 aromatic heterocycles. The van der Waals surface area contributed by atoms with Crippen molar-refractivity contribution in [3.63, 3.8) is 0 Å². The molecule has 3 aromatic rings. The maximum absolute atomic E-state index is 14.1. The number of rotatable bonds is 16. The number of ketones is 1. The molecule has 0 spiro atoms. The minimum atomic E-state index is -1.39. The summed E-state index contributed by atoms with van der Waals surface area (Å²) in [4.78, 5) is 81.5. The number of benzene rings is 2. The predicted octanol–water partition coefficient (Wildman–Crippen LogP) is 6.93. The van der Waals surface area contributed by atoms with Crippen molar-refractivity contribution in [2.75, 3.05) is 6.54 Å². The molecule has 15 nitrogen and oxygen atoms in total. The lowest BCUT2D eigenvalue weighted by Gasteiger charge is -2.18. The fourth-order valence-corrected chi connectivity index (χ4v) is 5.34. The lowest BCUT2D eigenvalue weighted by molar-refractivity contribution is -0.168. The number of Topliss-reactive ketones (excluding diaryl/α,β-unsaturated/α-hetero) is 1. The van der Waals surface area contributed by atoms with Gasteiger partial charge in [0, 0.05) is 43.5 Å². The van der Waals surface area contributed by atoms with E-state index in [1.807, 2.05) is 6.92 Å². The highest BCUT2D eigenvalue weighted by molar-refractivity contribution is 6.08. The van der Waals surface area contributed by atoms with Gasteiger partial charge in [0.25, 0.3) is 5.91 Å². The number of esters is 2. The van der Waals surface area contributed by atoms with E-state index in [0.717, 1.165) is 18.4 Å². The van der Waals surface area contributed by atoms with Crippen molar-refractivity contribution in [3.8, 4) is 11.1 Å². The lowest BCUT2D eigenvalue weighted by Crippen LogP contribution is -2.35. The van der Waals surface area contributed by atoms with Crippen LogP contribution in [0.3, 0.4) is 0 Å². The van der Waals surface area contributed by atoms with Gasteiger partial charge in [-0.2, -0.15) is 0 Å². The summed E-state index contributed by atoms with van der Waals surface area (Å²) in [7, 11) is 0. The van der Waals surface area contributed by atoms with Gasteiger partial charge >= 0.3 is 24.2 Å². The summed E-state index contributed by atoms with van der Waals surface area (Å²) < 4.78 is 25.5. The summed E-state index contributed by atoms with van der Waals surface area (Å²) in [6, 6.07) is 12.7. The molecule has 3 N–H and O–H groups in total. The van der Waals surface area contributed by atoms with E-state index in [0.29, 0.717) is 34.7 Å². The molecule has 1 heterocycles. The lowest BCUT2D eigenvalue weighted by atomic mass is 9.89. The summed E-state index contributed by atoms with van der Waals surface area (Å²) in [6.45, 7) is 15.4. The third-order valence-electron chi connectivity index (χ3n) is 8.51. The largest absolute Gasteiger partial charge is 0.511 e. The molecule has 2 atom stereocenters. The van der Waals surface area contributed by atoms with Crippen LogP contribution in [0.1, 0.15) is 108 Å². The molecule has 1 saturated carbocycles. The normalized spacial score (nSPS) is 13.1. The zero-order valence-electron chi connectivity index (χ0n) is 33.1. The van der Waals surface area contributed by atoms with Crippen LogP contribution in [0.4, 0.5) is 9.59 Å². The molecule has 1 fully saturated rings. The van der Waals surface area contributed by atoms with Gasteiger partial charge in [0.1, 0.15) is 11.5 Å². The smallest absolute Gasteiger partial charge is 0.431 e. The van der Waals surface area contributed by atoms with E-state index in [2.05, 4.69) is 22.2 Å². The third kappa shape index (κ3) is 12.6. The Morgan fingerprint density at radius 1 is 0.860 bits per heavy atom. The number of nitrogens with zero attached hydrogens (tertiary/aromatic N) is 1. The maximum atomic E-state index is 14.1. The van der Waals surface area contributed by atoms with Gasteiger partial charge in [-0.1, -0.05) is 56.8 Å². The molecule has 2 amide bonds. The van der Waals surface area contributed by atoms with Crippen LogP contribution in [0, 0.1) is 24.2 Å². The second kappa shape index (κ2) is 19.5. The van der Waals surface area contributed by atoms with Gasteiger partial charge in [0.05, 0.1) is 12.0 Å². The standard InChI is InChI=1S/C42H48N4O11/c1-9-29-20-33(35(47)19-27-12-14-30(15-13-27)37(43)46-41(51)56-25(7)54-39(49)22(2)3)32(18-24(29)6)31-16-17-34(38(48)44-21-28-10-11-28)45-36(31)40(50)55-26(8)57-42(52)53-23(4)5/h9,12-18,20,22-23,25-26,28H,1,10-11,19,21H2,2-8H3,(H,44,48)(H2,43,46,51). The van der Waals surface area contributed by atoms with Crippen molar-refractivity contribution < 1.29 is 52.5 Å². The van der Waals surface area contributed by atoms with E-state index in [1.165, 1.54) is 26.0 Å². The number of alkyl carbamates (subject to hydrolysis) is 1. The monoisotopic (exact) mass is 784 g/mol. The quantitative estimate of drug-likeness (QED) is 0.0337. The van der Waals surface area contributed by atoms with Gasteiger partial charge in [-0.05, 0) is 80.0 Å². The van der Waals surface area contributed by atoms with Gasteiger partial charge < -0.3 is 29.0 Å². The van der Waals surface area contributed by atoms with Gasteiger partial charge in [-0.25, -0.2) is 19.4 Å². The van der Waals surface area contributed by atoms with E-state index in [-0.39, 0.29) is 40.6 Å². The average Bonchev–Trinajstić information content (AvgIpc) is 3.97. The van der Waals surface area contributed by atoms with Crippen molar-refractivity contribution in [2.24, 2.45) is 11.8 Å². The number of hydrogen-bond donors (Lipinski definition) is 3. The Labute approximate surface area is 331 Å². The Morgan fingerprint density at radius 3 is 2.14 bits per heavy atom. The fraction of sp³-hybridized carbons (Fsp3) is 0.381. The van der Waals surface area contributed by atoms with E-state index in [4.69, 9.17) is 29.1 Å². The number of ether oxygens (including phenoxy) is 5. The number of pyridine rings is 1. The zero-order valence-corrected chi connectivity index (χ0v) is 33.1. The Bertz CT molecular complexity index is 2040. The first kappa shape index (κ1) is 43.3. The van der Waals surface area contributed by atoms with Gasteiger partial charge in [-0.3, -0.25) is 25.1 Å². The molecule has 0 bridgehead atoms. The molecule has 2 aromatic carbocycles. The van der Waals surface area contributed by atoms with E-state index in [1.54, 1.807) is 70.2 Å². The van der Waals surface area contributed by atoms with Gasteiger partial charge in [-0.15, -0.1) is 0 Å². The topological polar surface area (TPSA) is 209 Å². The average molecular weight is 785 g/mol. The highest BCUT2D eigenvalue weighted by atomic mass is 16.8. The first-order valence-corrected chi connectivity index (χ1v) is 18.5. The van der Waals surface area contributed by atoms with Gasteiger partial charge in [0.15, 0.2) is 11.5 Å². The number of amides is 2. The number of nitrogens with one attached hydrogen (secondary N) is 3. The van der Waals surface area contributed by atoms with Crippen LogP contribution >= 0.6 is 0 Å². The van der Waals surface area contributed by atoms with Gasteiger partial charge in [0.2, 0.25) is 12.6 Å². The number of amidine groups is 1. The Hall–Kier alpha value is -6.38. The highest BCUT2D eigenvalue weighted by Crippen LogP contribution is 2.32. The molecule has 15 heteroatoms. The number of aromatic nitrogens is 1. The number of aryl methyl sites for hydroxylation is 1. The summed E-state index contributed by atoms with van der Waals surface area (Å²) in [5.41, 5.74) is 2.67. The Balaban J connectivity index is 1.60. The molecule has 1 aliphatic rings.